The predicted molar refractivity (Wildman–Crippen MR) is 54.6 cm³/mol. The third-order valence-electron chi connectivity index (χ3n) is 1.52. The molecule has 0 aromatic carbocycles. The molecular weight excluding hydrogens is 200 g/mol. The van der Waals surface area contributed by atoms with Crippen LogP contribution in [0, 0.1) is 0 Å². The molecule has 0 aliphatic heterocycles. The SMILES string of the molecule is COCCOCCOCCOCC[C]=O. The standard InChI is InChI=1S/C10H19O5/c1-12-5-6-14-9-10-15-8-7-13-4-2-3-11/h2,4-10H2,1H3. The first-order valence-corrected chi connectivity index (χ1v) is 4.99. The summed E-state index contributed by atoms with van der Waals surface area (Å²) in [5.74, 6) is 0. The fourth-order valence-corrected chi connectivity index (χ4v) is 0.798. The molecule has 0 atom stereocenters. The Morgan fingerprint density at radius 1 is 0.800 bits per heavy atom. The maximum atomic E-state index is 9.80. The summed E-state index contributed by atoms with van der Waals surface area (Å²) in [5.41, 5.74) is 0. The van der Waals surface area contributed by atoms with Gasteiger partial charge in [-0.25, -0.2) is 0 Å². The Balaban J connectivity index is 2.83. The Bertz CT molecular complexity index is 129. The molecule has 0 aliphatic rings. The van der Waals surface area contributed by atoms with Crippen molar-refractivity contribution in [2.45, 2.75) is 6.42 Å². The molecule has 0 amide bonds. The largest absolute Gasteiger partial charge is 0.382 e. The lowest BCUT2D eigenvalue weighted by Crippen LogP contribution is -2.11. The molecule has 0 N–H and O–H groups in total. The summed E-state index contributed by atoms with van der Waals surface area (Å²) in [7, 11) is 1.63. The van der Waals surface area contributed by atoms with E-state index in [0.29, 0.717) is 52.7 Å². The lowest BCUT2D eigenvalue weighted by molar-refractivity contribution is 0.00452. The molecule has 0 bridgehead atoms. The smallest absolute Gasteiger partial charge is 0.200 e. The highest BCUT2D eigenvalue weighted by molar-refractivity contribution is 5.50. The van der Waals surface area contributed by atoms with Crippen LogP contribution in [0.4, 0.5) is 0 Å². The Hall–Kier alpha value is -0.490. The van der Waals surface area contributed by atoms with Crippen molar-refractivity contribution >= 4 is 6.29 Å². The van der Waals surface area contributed by atoms with Gasteiger partial charge in [-0.1, -0.05) is 0 Å². The minimum absolute atomic E-state index is 0.320. The second kappa shape index (κ2) is 13.5. The summed E-state index contributed by atoms with van der Waals surface area (Å²) < 4.78 is 20.3. The van der Waals surface area contributed by atoms with Crippen molar-refractivity contribution in [2.24, 2.45) is 0 Å². The predicted octanol–water partition coefficient (Wildman–Crippen LogP) is 0.182. The van der Waals surface area contributed by atoms with Crippen molar-refractivity contribution in [3.05, 3.63) is 0 Å². The van der Waals surface area contributed by atoms with Crippen LogP contribution in [0.15, 0.2) is 0 Å². The van der Waals surface area contributed by atoms with E-state index in [9.17, 15) is 4.79 Å². The lowest BCUT2D eigenvalue weighted by atomic mass is 10.5. The highest BCUT2D eigenvalue weighted by Crippen LogP contribution is 1.82. The number of carbonyl (C=O) groups excluding carboxylic acids is 1. The number of hydrogen-bond donors (Lipinski definition) is 0. The molecule has 0 saturated heterocycles. The molecule has 0 heterocycles. The average Bonchev–Trinajstić information content (AvgIpc) is 2.26. The Labute approximate surface area is 90.6 Å². The molecule has 0 fully saturated rings. The zero-order valence-corrected chi connectivity index (χ0v) is 9.20. The quantitative estimate of drug-likeness (QED) is 0.438. The Morgan fingerprint density at radius 2 is 1.27 bits per heavy atom. The number of methoxy groups -OCH3 is 1. The van der Waals surface area contributed by atoms with Gasteiger partial charge in [0.2, 0.25) is 6.29 Å². The average molecular weight is 219 g/mol. The van der Waals surface area contributed by atoms with Gasteiger partial charge in [-0.05, 0) is 0 Å². The molecule has 0 unspecified atom stereocenters. The van der Waals surface area contributed by atoms with Gasteiger partial charge in [0, 0.05) is 13.5 Å². The van der Waals surface area contributed by atoms with E-state index in [2.05, 4.69) is 0 Å². The maximum Gasteiger partial charge on any atom is 0.200 e. The van der Waals surface area contributed by atoms with Crippen LogP contribution >= 0.6 is 0 Å². The third kappa shape index (κ3) is 13.5. The fraction of sp³-hybridized carbons (Fsp3) is 0.900. The first-order valence-electron chi connectivity index (χ1n) is 4.99. The fourth-order valence-electron chi connectivity index (χ4n) is 0.798. The second-order valence-electron chi connectivity index (χ2n) is 2.72. The molecule has 1 radical (unpaired) electrons. The van der Waals surface area contributed by atoms with Gasteiger partial charge in [0.25, 0.3) is 0 Å². The van der Waals surface area contributed by atoms with Crippen LogP contribution in [0.3, 0.4) is 0 Å². The van der Waals surface area contributed by atoms with E-state index in [4.69, 9.17) is 18.9 Å². The van der Waals surface area contributed by atoms with Crippen molar-refractivity contribution in [1.29, 1.82) is 0 Å². The van der Waals surface area contributed by atoms with Crippen LogP contribution in [-0.2, 0) is 23.7 Å². The van der Waals surface area contributed by atoms with Crippen molar-refractivity contribution in [3.8, 4) is 0 Å². The van der Waals surface area contributed by atoms with Gasteiger partial charge < -0.3 is 18.9 Å². The van der Waals surface area contributed by atoms with Gasteiger partial charge in [0.15, 0.2) is 0 Å². The van der Waals surface area contributed by atoms with Crippen molar-refractivity contribution in [3.63, 3.8) is 0 Å². The van der Waals surface area contributed by atoms with E-state index in [-0.39, 0.29) is 0 Å². The zero-order valence-electron chi connectivity index (χ0n) is 9.20. The molecule has 0 aliphatic carbocycles. The van der Waals surface area contributed by atoms with Crippen LogP contribution in [-0.4, -0.2) is 59.6 Å². The Kier molecular flexibility index (Phi) is 13.1. The molecule has 5 heteroatoms. The monoisotopic (exact) mass is 219 g/mol. The molecule has 89 valence electrons. The first kappa shape index (κ1) is 14.5. The molecule has 0 aromatic rings. The van der Waals surface area contributed by atoms with Crippen LogP contribution < -0.4 is 0 Å². The summed E-state index contributed by atoms with van der Waals surface area (Å²) >= 11 is 0. The topological polar surface area (TPSA) is 54.0 Å². The minimum Gasteiger partial charge on any atom is -0.382 e. The van der Waals surface area contributed by atoms with Crippen LogP contribution in [0.1, 0.15) is 6.42 Å². The van der Waals surface area contributed by atoms with Gasteiger partial charge in [-0.15, -0.1) is 0 Å². The summed E-state index contributed by atoms with van der Waals surface area (Å²) in [4.78, 5) is 9.80. The summed E-state index contributed by atoms with van der Waals surface area (Å²) in [5, 5.41) is 0. The highest BCUT2D eigenvalue weighted by Gasteiger charge is 1.91. The molecular formula is C10H19O5. The highest BCUT2D eigenvalue weighted by atomic mass is 16.6. The summed E-state index contributed by atoms with van der Waals surface area (Å²) in [6.45, 7) is 3.73. The lowest BCUT2D eigenvalue weighted by Gasteiger charge is -2.05. The number of rotatable bonds is 12. The molecule has 5 nitrogen and oxygen atoms in total. The summed E-state index contributed by atoms with van der Waals surface area (Å²) in [6.07, 6.45) is 2.07. The molecule has 0 rings (SSSR count). The van der Waals surface area contributed by atoms with Gasteiger partial charge in [0.05, 0.1) is 46.2 Å². The third-order valence-corrected chi connectivity index (χ3v) is 1.52. The molecule has 0 spiro atoms. The van der Waals surface area contributed by atoms with Gasteiger partial charge in [0.1, 0.15) is 0 Å². The zero-order chi connectivity index (χ0) is 11.2. The number of hydrogen-bond acceptors (Lipinski definition) is 5. The van der Waals surface area contributed by atoms with E-state index >= 15 is 0 Å². The van der Waals surface area contributed by atoms with Crippen molar-refractivity contribution in [1.82, 2.24) is 0 Å². The van der Waals surface area contributed by atoms with E-state index in [0.717, 1.165) is 0 Å². The first-order chi connectivity index (χ1) is 7.41. The van der Waals surface area contributed by atoms with Gasteiger partial charge in [-0.3, -0.25) is 4.79 Å². The van der Waals surface area contributed by atoms with Crippen molar-refractivity contribution < 1.29 is 23.7 Å². The maximum absolute atomic E-state index is 9.80. The van der Waals surface area contributed by atoms with Gasteiger partial charge >= 0.3 is 0 Å². The van der Waals surface area contributed by atoms with Crippen LogP contribution in [0.2, 0.25) is 0 Å². The van der Waals surface area contributed by atoms with Crippen molar-refractivity contribution in [2.75, 3.05) is 53.4 Å². The second-order valence-corrected chi connectivity index (χ2v) is 2.72. The Morgan fingerprint density at radius 3 is 1.73 bits per heavy atom. The molecule has 0 saturated carbocycles. The van der Waals surface area contributed by atoms with E-state index in [1.54, 1.807) is 13.4 Å². The van der Waals surface area contributed by atoms with Gasteiger partial charge in [-0.2, -0.15) is 0 Å². The van der Waals surface area contributed by atoms with Crippen LogP contribution in [0.5, 0.6) is 0 Å². The van der Waals surface area contributed by atoms with E-state index < -0.39 is 0 Å². The van der Waals surface area contributed by atoms with Crippen LogP contribution in [0.25, 0.3) is 0 Å². The minimum atomic E-state index is 0.320. The van der Waals surface area contributed by atoms with E-state index in [1.807, 2.05) is 0 Å². The van der Waals surface area contributed by atoms with E-state index in [1.165, 1.54) is 0 Å². The normalized spacial score (nSPS) is 10.5. The summed E-state index contributed by atoms with van der Waals surface area (Å²) in [6, 6.07) is 0. The molecule has 15 heavy (non-hydrogen) atoms. The molecule has 0 aromatic heterocycles. The number of ether oxygens (including phenoxy) is 4.